The number of hydrogen-bond donors (Lipinski definition) is 1. The molecule has 0 aliphatic carbocycles. The molecule has 0 bridgehead atoms. The van der Waals surface area contributed by atoms with E-state index in [0.717, 1.165) is 22.0 Å². The van der Waals surface area contributed by atoms with Crippen molar-refractivity contribution in [1.29, 1.82) is 0 Å². The second kappa shape index (κ2) is 10.1. The molecule has 7 nitrogen and oxygen atoms in total. The van der Waals surface area contributed by atoms with Crippen molar-refractivity contribution in [3.8, 4) is 11.5 Å². The number of nitrogens with one attached hydrogen (secondary N) is 1. The van der Waals surface area contributed by atoms with Gasteiger partial charge in [-0.3, -0.25) is 9.10 Å². The van der Waals surface area contributed by atoms with Crippen molar-refractivity contribution < 1.29 is 31.5 Å². The maximum atomic E-state index is 13.5. The summed E-state index contributed by atoms with van der Waals surface area (Å²) in [5.41, 5.74) is 0.950. The number of hydrogen-bond acceptors (Lipinski definition) is 5. The Morgan fingerprint density at radius 1 is 0.882 bits per heavy atom. The van der Waals surface area contributed by atoms with Crippen LogP contribution in [-0.4, -0.2) is 40.6 Å². The number of ether oxygens (including phenoxy) is 2. The van der Waals surface area contributed by atoms with Crippen molar-refractivity contribution in [1.82, 2.24) is 5.32 Å². The number of halogens is 2. The Morgan fingerprint density at radius 2 is 1.50 bits per heavy atom. The largest absolute Gasteiger partial charge is 0.486 e. The van der Waals surface area contributed by atoms with Crippen molar-refractivity contribution in [2.24, 2.45) is 0 Å². The molecule has 0 aromatic heterocycles. The van der Waals surface area contributed by atoms with E-state index >= 15 is 0 Å². The van der Waals surface area contributed by atoms with Gasteiger partial charge in [-0.15, -0.1) is 0 Å². The van der Waals surface area contributed by atoms with E-state index in [4.69, 9.17) is 9.47 Å². The highest BCUT2D eigenvalue weighted by atomic mass is 32.2. The van der Waals surface area contributed by atoms with E-state index in [9.17, 15) is 22.0 Å². The van der Waals surface area contributed by atoms with Crippen molar-refractivity contribution in [2.75, 3.05) is 30.6 Å². The van der Waals surface area contributed by atoms with Crippen LogP contribution in [0.5, 0.6) is 11.5 Å². The molecule has 178 valence electrons. The molecule has 3 aromatic carbocycles. The number of carbonyl (C=O) groups excluding carboxylic acids is 1. The highest BCUT2D eigenvalue weighted by Gasteiger charge is 2.29. The summed E-state index contributed by atoms with van der Waals surface area (Å²) in [4.78, 5) is 12.6. The lowest BCUT2D eigenvalue weighted by Crippen LogP contribution is -2.41. The zero-order valence-electron chi connectivity index (χ0n) is 18.0. The molecule has 1 aliphatic heterocycles. The zero-order chi connectivity index (χ0) is 24.1. The van der Waals surface area contributed by atoms with Crippen LogP contribution in [-0.2, 0) is 21.2 Å². The predicted octanol–water partition coefficient (Wildman–Crippen LogP) is 3.29. The number of benzene rings is 3. The van der Waals surface area contributed by atoms with Crippen LogP contribution in [0.25, 0.3) is 0 Å². The molecule has 1 amide bonds. The number of anilines is 1. The summed E-state index contributed by atoms with van der Waals surface area (Å²) >= 11 is 0. The van der Waals surface area contributed by atoms with Crippen LogP contribution in [0.3, 0.4) is 0 Å². The lowest BCUT2D eigenvalue weighted by Gasteiger charge is -2.25. The van der Waals surface area contributed by atoms with Gasteiger partial charge in [-0.05, 0) is 60.5 Å². The molecular formula is C24H22F2N2O5S. The minimum atomic E-state index is -4.20. The third-order valence-electron chi connectivity index (χ3n) is 5.15. The summed E-state index contributed by atoms with van der Waals surface area (Å²) in [6, 6.07) is 14.9. The topological polar surface area (TPSA) is 84.9 Å². The van der Waals surface area contributed by atoms with E-state index in [1.807, 2.05) is 0 Å². The Kier molecular flexibility index (Phi) is 6.97. The van der Waals surface area contributed by atoms with Crippen molar-refractivity contribution >= 4 is 21.6 Å². The van der Waals surface area contributed by atoms with Gasteiger partial charge >= 0.3 is 0 Å². The first-order valence-electron chi connectivity index (χ1n) is 10.5. The van der Waals surface area contributed by atoms with Crippen LogP contribution in [0.2, 0.25) is 0 Å². The second-order valence-corrected chi connectivity index (χ2v) is 9.38. The quantitative estimate of drug-likeness (QED) is 0.526. The van der Waals surface area contributed by atoms with E-state index in [2.05, 4.69) is 5.32 Å². The second-order valence-electron chi connectivity index (χ2n) is 7.52. The van der Waals surface area contributed by atoms with Crippen molar-refractivity contribution in [3.05, 3.63) is 83.9 Å². The molecule has 0 atom stereocenters. The fourth-order valence-electron chi connectivity index (χ4n) is 3.42. The van der Waals surface area contributed by atoms with Gasteiger partial charge in [0.15, 0.2) is 11.5 Å². The van der Waals surface area contributed by atoms with Gasteiger partial charge in [-0.2, -0.15) is 0 Å². The van der Waals surface area contributed by atoms with Gasteiger partial charge in [0.2, 0.25) is 5.91 Å². The molecule has 3 aromatic rings. The van der Waals surface area contributed by atoms with Crippen LogP contribution in [0.15, 0.2) is 71.6 Å². The van der Waals surface area contributed by atoms with Crippen LogP contribution in [0.4, 0.5) is 14.5 Å². The first-order chi connectivity index (χ1) is 16.3. The number of rotatable bonds is 8. The van der Waals surface area contributed by atoms with E-state index < -0.39 is 28.3 Å². The Labute approximate surface area is 196 Å². The zero-order valence-corrected chi connectivity index (χ0v) is 18.9. The number of nitrogens with zero attached hydrogens (tertiary/aromatic N) is 1. The molecule has 4 rings (SSSR count). The normalized spacial score (nSPS) is 12.8. The minimum absolute atomic E-state index is 0.0970. The van der Waals surface area contributed by atoms with Crippen LogP contribution in [0, 0.1) is 11.6 Å². The van der Waals surface area contributed by atoms with Crippen LogP contribution >= 0.6 is 0 Å². The van der Waals surface area contributed by atoms with Crippen molar-refractivity contribution in [2.45, 2.75) is 11.3 Å². The van der Waals surface area contributed by atoms with Gasteiger partial charge in [0.05, 0.1) is 10.6 Å². The lowest BCUT2D eigenvalue weighted by molar-refractivity contribution is -0.119. The monoisotopic (exact) mass is 488 g/mol. The molecule has 1 N–H and O–H groups in total. The first kappa shape index (κ1) is 23.5. The fourth-order valence-corrected chi connectivity index (χ4v) is 4.85. The van der Waals surface area contributed by atoms with Gasteiger partial charge in [-0.25, -0.2) is 17.2 Å². The van der Waals surface area contributed by atoms with Crippen LogP contribution in [0.1, 0.15) is 5.56 Å². The fraction of sp³-hybridized carbons (Fsp3) is 0.208. The standard InChI is InChI=1S/C24H22F2N2O5S/c25-18-3-1-17(2-4-18)11-12-27-24(29)16-28(20-7-5-19(26)6-8-20)34(30,31)21-9-10-22-23(15-21)33-14-13-32-22/h1-10,15H,11-14,16H2,(H,27,29). The molecule has 0 radical (unpaired) electrons. The molecule has 34 heavy (non-hydrogen) atoms. The average Bonchev–Trinajstić information content (AvgIpc) is 2.84. The van der Waals surface area contributed by atoms with Gasteiger partial charge in [0.25, 0.3) is 10.0 Å². The lowest BCUT2D eigenvalue weighted by atomic mass is 10.1. The summed E-state index contributed by atoms with van der Waals surface area (Å²) in [5.74, 6) is -0.726. The van der Waals surface area contributed by atoms with Crippen LogP contribution < -0.4 is 19.1 Å². The Balaban J connectivity index is 1.53. The molecule has 0 fully saturated rings. The third kappa shape index (κ3) is 5.45. The van der Waals surface area contributed by atoms with E-state index in [-0.39, 0.29) is 35.3 Å². The first-order valence-corrected chi connectivity index (χ1v) is 12.0. The summed E-state index contributed by atoms with van der Waals surface area (Å²) in [5, 5.41) is 2.67. The minimum Gasteiger partial charge on any atom is -0.486 e. The molecule has 0 saturated carbocycles. The highest BCUT2D eigenvalue weighted by Crippen LogP contribution is 2.34. The smallest absolute Gasteiger partial charge is 0.264 e. The molecule has 0 unspecified atom stereocenters. The maximum Gasteiger partial charge on any atom is 0.264 e. The molecule has 10 heteroatoms. The van der Waals surface area contributed by atoms with Gasteiger partial charge in [0, 0.05) is 12.6 Å². The van der Waals surface area contributed by atoms with Crippen molar-refractivity contribution in [3.63, 3.8) is 0 Å². The SMILES string of the molecule is O=C(CN(c1ccc(F)cc1)S(=O)(=O)c1ccc2c(c1)OCCO2)NCCc1ccc(F)cc1. The Morgan fingerprint density at radius 3 is 2.18 bits per heavy atom. The molecule has 0 spiro atoms. The number of sulfonamides is 1. The molecule has 0 saturated heterocycles. The predicted molar refractivity (Wildman–Crippen MR) is 121 cm³/mol. The summed E-state index contributed by atoms with van der Waals surface area (Å²) in [7, 11) is -4.20. The summed E-state index contributed by atoms with van der Waals surface area (Å²) < 4.78 is 65.3. The molecule has 1 aliphatic rings. The Bertz CT molecular complexity index is 1270. The maximum absolute atomic E-state index is 13.5. The number of fused-ring (bicyclic) bond motifs is 1. The summed E-state index contributed by atoms with van der Waals surface area (Å²) in [6.45, 7) is 0.352. The van der Waals surface area contributed by atoms with E-state index in [1.165, 1.54) is 42.5 Å². The van der Waals surface area contributed by atoms with Gasteiger partial charge in [-0.1, -0.05) is 12.1 Å². The Hall–Kier alpha value is -3.66. The summed E-state index contributed by atoms with van der Waals surface area (Å²) in [6.07, 6.45) is 0.442. The van der Waals surface area contributed by atoms with E-state index in [0.29, 0.717) is 18.8 Å². The number of amides is 1. The highest BCUT2D eigenvalue weighted by molar-refractivity contribution is 7.92. The van der Waals surface area contributed by atoms with Gasteiger partial charge < -0.3 is 14.8 Å². The average molecular weight is 489 g/mol. The molecular weight excluding hydrogens is 466 g/mol. The third-order valence-corrected chi connectivity index (χ3v) is 6.92. The number of carbonyl (C=O) groups is 1. The van der Waals surface area contributed by atoms with E-state index in [1.54, 1.807) is 12.1 Å². The van der Waals surface area contributed by atoms with Gasteiger partial charge in [0.1, 0.15) is 31.4 Å². The molecule has 1 heterocycles.